The molecule has 19 heavy (non-hydrogen) atoms. The van der Waals surface area contributed by atoms with Crippen LogP contribution in [0.1, 0.15) is 16.9 Å². The lowest BCUT2D eigenvalue weighted by molar-refractivity contribution is 0.0774. The molecule has 1 amide bonds. The molecule has 2 rings (SSSR count). The second kappa shape index (κ2) is 6.73. The van der Waals surface area contributed by atoms with Crippen LogP contribution in [0.4, 0.5) is 0 Å². The summed E-state index contributed by atoms with van der Waals surface area (Å²) < 4.78 is 7.04. The molecule has 1 aliphatic heterocycles. The summed E-state index contributed by atoms with van der Waals surface area (Å²) >= 11 is 0. The lowest BCUT2D eigenvalue weighted by Crippen LogP contribution is -2.32. The number of nitrogens with zero attached hydrogens (tertiary/aromatic N) is 2. The molecule has 5 nitrogen and oxygen atoms in total. The van der Waals surface area contributed by atoms with Crippen LogP contribution in [0.5, 0.6) is 0 Å². The molecule has 1 atom stereocenters. The molecule has 0 radical (unpaired) electrons. The number of amides is 1. The highest BCUT2D eigenvalue weighted by molar-refractivity contribution is 5.93. The number of carbonyl (C=O) groups is 1. The molecule has 0 saturated carbocycles. The predicted molar refractivity (Wildman–Crippen MR) is 74.2 cm³/mol. The van der Waals surface area contributed by atoms with Gasteiger partial charge in [0.1, 0.15) is 5.69 Å². The summed E-state index contributed by atoms with van der Waals surface area (Å²) in [6.45, 7) is 4.04. The number of rotatable bonds is 6. The maximum Gasteiger partial charge on any atom is 0.270 e. The molecule has 1 fully saturated rings. The average molecular weight is 265 g/mol. The van der Waals surface area contributed by atoms with Crippen molar-refractivity contribution in [2.24, 2.45) is 5.92 Å². The lowest BCUT2D eigenvalue weighted by atomic mass is 10.1. The number of aromatic nitrogens is 1. The van der Waals surface area contributed by atoms with Crippen LogP contribution in [0.3, 0.4) is 0 Å². The summed E-state index contributed by atoms with van der Waals surface area (Å²) in [7, 11) is 3.63. The van der Waals surface area contributed by atoms with E-state index in [0.717, 1.165) is 38.3 Å². The van der Waals surface area contributed by atoms with Gasteiger partial charge >= 0.3 is 0 Å². The van der Waals surface area contributed by atoms with Gasteiger partial charge in [-0.1, -0.05) is 0 Å². The average Bonchev–Trinajstić information content (AvgIpc) is 3.04. The van der Waals surface area contributed by atoms with E-state index in [2.05, 4.69) is 5.32 Å². The van der Waals surface area contributed by atoms with Crippen molar-refractivity contribution >= 4 is 5.91 Å². The van der Waals surface area contributed by atoms with Crippen LogP contribution < -0.4 is 5.32 Å². The Labute approximate surface area is 114 Å². The van der Waals surface area contributed by atoms with Gasteiger partial charge in [-0.15, -0.1) is 0 Å². The first kappa shape index (κ1) is 14.1. The van der Waals surface area contributed by atoms with Crippen molar-refractivity contribution < 1.29 is 9.53 Å². The summed E-state index contributed by atoms with van der Waals surface area (Å²) in [6, 6.07) is 3.81. The van der Waals surface area contributed by atoms with E-state index in [1.165, 1.54) is 0 Å². The molecule has 1 unspecified atom stereocenters. The van der Waals surface area contributed by atoms with Gasteiger partial charge in [0, 0.05) is 32.9 Å². The molecule has 1 aromatic rings. The van der Waals surface area contributed by atoms with Crippen molar-refractivity contribution in [3.8, 4) is 0 Å². The van der Waals surface area contributed by atoms with Gasteiger partial charge in [-0.2, -0.15) is 0 Å². The Morgan fingerprint density at radius 1 is 1.58 bits per heavy atom. The third kappa shape index (κ3) is 3.36. The summed E-state index contributed by atoms with van der Waals surface area (Å²) in [5.41, 5.74) is 0.766. The smallest absolute Gasteiger partial charge is 0.270 e. The zero-order valence-electron chi connectivity index (χ0n) is 11.8. The molecule has 0 aromatic carbocycles. The number of ether oxygens (including phenoxy) is 1. The lowest BCUT2D eigenvalue weighted by Gasteiger charge is -2.18. The fraction of sp³-hybridized carbons (Fsp3) is 0.643. The molecule has 1 N–H and O–H groups in total. The van der Waals surface area contributed by atoms with Crippen molar-refractivity contribution in [2.75, 3.05) is 40.4 Å². The third-order valence-electron chi connectivity index (χ3n) is 3.65. The van der Waals surface area contributed by atoms with E-state index < -0.39 is 0 Å². The Morgan fingerprint density at radius 3 is 3.16 bits per heavy atom. The quantitative estimate of drug-likeness (QED) is 0.828. The molecular weight excluding hydrogens is 242 g/mol. The highest BCUT2D eigenvalue weighted by Gasteiger charge is 2.27. The van der Waals surface area contributed by atoms with Crippen LogP contribution >= 0.6 is 0 Å². The second-order valence-corrected chi connectivity index (χ2v) is 5.04. The Bertz CT molecular complexity index is 417. The number of hydrogen-bond donors (Lipinski definition) is 1. The van der Waals surface area contributed by atoms with Gasteiger partial charge in [0.05, 0.1) is 6.61 Å². The minimum Gasteiger partial charge on any atom is -0.383 e. The molecule has 106 valence electrons. The van der Waals surface area contributed by atoms with Gasteiger partial charge in [-0.3, -0.25) is 4.79 Å². The zero-order valence-corrected chi connectivity index (χ0v) is 11.8. The monoisotopic (exact) mass is 265 g/mol. The maximum absolute atomic E-state index is 12.5. The van der Waals surface area contributed by atoms with Crippen molar-refractivity contribution in [3.63, 3.8) is 0 Å². The summed E-state index contributed by atoms with van der Waals surface area (Å²) in [6.07, 6.45) is 3.03. The molecule has 1 aliphatic rings. The van der Waals surface area contributed by atoms with E-state index in [1.54, 1.807) is 7.11 Å². The molecule has 0 spiro atoms. The third-order valence-corrected chi connectivity index (χ3v) is 3.65. The fourth-order valence-electron chi connectivity index (χ4n) is 2.63. The van der Waals surface area contributed by atoms with Crippen molar-refractivity contribution in [2.45, 2.75) is 13.0 Å². The normalized spacial score (nSPS) is 19.1. The predicted octanol–water partition coefficient (Wildman–Crippen LogP) is 0.816. The first-order valence-electron chi connectivity index (χ1n) is 6.84. The summed E-state index contributed by atoms with van der Waals surface area (Å²) in [5, 5.41) is 3.18. The highest BCUT2D eigenvalue weighted by Crippen LogP contribution is 2.18. The van der Waals surface area contributed by atoms with Gasteiger partial charge in [-0.25, -0.2) is 0 Å². The number of hydrogen-bond acceptors (Lipinski definition) is 3. The van der Waals surface area contributed by atoms with Crippen LogP contribution in [0.15, 0.2) is 18.3 Å². The van der Waals surface area contributed by atoms with E-state index in [9.17, 15) is 4.79 Å². The number of nitrogens with one attached hydrogen (secondary N) is 1. The van der Waals surface area contributed by atoms with Gasteiger partial charge in [0.2, 0.25) is 0 Å². The summed E-state index contributed by atoms with van der Waals surface area (Å²) in [4.78, 5) is 14.4. The van der Waals surface area contributed by atoms with Crippen molar-refractivity contribution in [3.05, 3.63) is 24.0 Å². The number of methoxy groups -OCH3 is 1. The van der Waals surface area contributed by atoms with Crippen LogP contribution in [-0.4, -0.2) is 55.8 Å². The van der Waals surface area contributed by atoms with E-state index in [4.69, 9.17) is 4.74 Å². The van der Waals surface area contributed by atoms with E-state index in [0.29, 0.717) is 12.5 Å². The molecule has 5 heteroatoms. The minimum atomic E-state index is 0.139. The minimum absolute atomic E-state index is 0.139. The first-order chi connectivity index (χ1) is 9.26. The Hall–Kier alpha value is -1.33. The van der Waals surface area contributed by atoms with Gasteiger partial charge < -0.3 is 19.5 Å². The van der Waals surface area contributed by atoms with Crippen LogP contribution in [-0.2, 0) is 11.3 Å². The topological polar surface area (TPSA) is 46.5 Å². The second-order valence-electron chi connectivity index (χ2n) is 5.04. The Balaban J connectivity index is 1.98. The SMILES string of the molecule is CNCC1CCN(C(=O)c2cccn2CCOC)C1. The highest BCUT2D eigenvalue weighted by atomic mass is 16.5. The van der Waals surface area contributed by atoms with Crippen molar-refractivity contribution in [1.82, 2.24) is 14.8 Å². The standard InChI is InChI=1S/C14H23N3O2/c1-15-10-12-5-7-17(11-12)14(18)13-4-3-6-16(13)8-9-19-2/h3-4,6,12,15H,5,7-11H2,1-2H3. The van der Waals surface area contributed by atoms with E-state index in [-0.39, 0.29) is 5.91 Å². The largest absolute Gasteiger partial charge is 0.383 e. The molecule has 1 aromatic heterocycles. The van der Waals surface area contributed by atoms with E-state index in [1.807, 2.05) is 34.8 Å². The van der Waals surface area contributed by atoms with Crippen LogP contribution in [0, 0.1) is 5.92 Å². The molecule has 2 heterocycles. The fourth-order valence-corrected chi connectivity index (χ4v) is 2.63. The van der Waals surface area contributed by atoms with Gasteiger partial charge in [0.25, 0.3) is 5.91 Å². The van der Waals surface area contributed by atoms with Gasteiger partial charge in [-0.05, 0) is 38.1 Å². The Morgan fingerprint density at radius 2 is 2.42 bits per heavy atom. The van der Waals surface area contributed by atoms with Crippen molar-refractivity contribution in [1.29, 1.82) is 0 Å². The van der Waals surface area contributed by atoms with E-state index >= 15 is 0 Å². The number of likely N-dealkylation sites (tertiary alicyclic amines) is 1. The molecule has 0 bridgehead atoms. The van der Waals surface area contributed by atoms with Gasteiger partial charge in [0.15, 0.2) is 0 Å². The molecular formula is C14H23N3O2. The molecule has 0 aliphatic carbocycles. The van der Waals surface area contributed by atoms with Crippen LogP contribution in [0.25, 0.3) is 0 Å². The molecule has 1 saturated heterocycles. The zero-order chi connectivity index (χ0) is 13.7. The van der Waals surface area contributed by atoms with Crippen LogP contribution in [0.2, 0.25) is 0 Å². The maximum atomic E-state index is 12.5. The summed E-state index contributed by atoms with van der Waals surface area (Å²) in [5.74, 6) is 0.719. The number of carbonyl (C=O) groups excluding carboxylic acids is 1. The first-order valence-corrected chi connectivity index (χ1v) is 6.84. The Kier molecular flexibility index (Phi) is 4.99.